The third-order valence-electron chi connectivity index (χ3n) is 4.93. The summed E-state index contributed by atoms with van der Waals surface area (Å²) in [5.41, 5.74) is 1.21. The Hall–Kier alpha value is -3.73. The van der Waals surface area contributed by atoms with Crippen molar-refractivity contribution in [3.05, 3.63) is 77.1 Å². The second-order valence-corrected chi connectivity index (χ2v) is 8.62. The van der Waals surface area contributed by atoms with E-state index in [1.54, 1.807) is 0 Å². The highest BCUT2D eigenvalue weighted by Crippen LogP contribution is 2.21. The molecule has 1 aliphatic rings. The number of para-hydroxylation sites is 1. The number of rotatable bonds is 6. The molecule has 1 aromatic heterocycles. The van der Waals surface area contributed by atoms with Crippen LogP contribution in [0.15, 0.2) is 71.9 Å². The second-order valence-electron chi connectivity index (χ2n) is 6.94. The Morgan fingerprint density at radius 3 is 2.03 bits per heavy atom. The van der Waals surface area contributed by atoms with E-state index < -0.39 is 14.9 Å². The molecule has 1 N–H and O–H groups in total. The number of sulfonamides is 1. The highest BCUT2D eigenvalue weighted by atomic mass is 32.2. The molecule has 10 nitrogen and oxygen atoms in total. The van der Waals surface area contributed by atoms with Crippen molar-refractivity contribution < 1.29 is 13.3 Å². The third-order valence-corrected chi connectivity index (χ3v) is 6.33. The molecule has 1 saturated heterocycles. The average Bonchev–Trinajstić information content (AvgIpc) is 2.80. The van der Waals surface area contributed by atoms with Crippen molar-refractivity contribution in [3.63, 3.8) is 0 Å². The lowest BCUT2D eigenvalue weighted by molar-refractivity contribution is -0.384. The second kappa shape index (κ2) is 8.56. The fraction of sp³-hybridized carbons (Fsp3) is 0.200. The normalized spacial score (nSPS) is 14.3. The largest absolute Gasteiger partial charge is 0.368 e. The molecular weight excluding hydrogens is 420 g/mol. The number of nitro benzene ring substituents is 1. The Bertz CT molecular complexity index is 1150. The molecular formula is C20H20N6O4S. The van der Waals surface area contributed by atoms with Gasteiger partial charge in [-0.05, 0) is 24.3 Å². The first-order valence-corrected chi connectivity index (χ1v) is 11.0. The van der Waals surface area contributed by atoms with Gasteiger partial charge in [0.2, 0.25) is 5.95 Å². The number of piperazine rings is 1. The maximum atomic E-state index is 12.5. The number of nitrogens with one attached hydrogen (secondary N) is 1. The summed E-state index contributed by atoms with van der Waals surface area (Å²) < 4.78 is 27.4. The van der Waals surface area contributed by atoms with Crippen LogP contribution in [0, 0.1) is 10.1 Å². The van der Waals surface area contributed by atoms with Gasteiger partial charge in [0.1, 0.15) is 0 Å². The van der Waals surface area contributed by atoms with E-state index in [1.165, 1.54) is 30.2 Å². The van der Waals surface area contributed by atoms with Crippen LogP contribution in [0.2, 0.25) is 0 Å². The molecule has 0 spiro atoms. The van der Waals surface area contributed by atoms with Crippen LogP contribution in [0.4, 0.5) is 23.0 Å². The van der Waals surface area contributed by atoms with E-state index in [0.717, 1.165) is 38.3 Å². The molecule has 1 fully saturated rings. The van der Waals surface area contributed by atoms with E-state index in [9.17, 15) is 18.5 Å². The van der Waals surface area contributed by atoms with Gasteiger partial charge >= 0.3 is 0 Å². The molecule has 0 unspecified atom stereocenters. The molecule has 0 radical (unpaired) electrons. The number of hydrogen-bond acceptors (Lipinski definition) is 8. The summed E-state index contributed by atoms with van der Waals surface area (Å²) in [4.78, 5) is 23.0. The van der Waals surface area contributed by atoms with Crippen LogP contribution in [0.1, 0.15) is 0 Å². The standard InChI is InChI=1S/C20H20N6O4S/c27-26(28)18-6-8-19(9-7-18)31(29,30)23-16-14-21-20(22-15-16)25-12-10-24(11-13-25)17-4-2-1-3-5-17/h1-9,14-15,23H,10-13H2. The number of nitro groups is 1. The molecule has 1 aliphatic heterocycles. The lowest BCUT2D eigenvalue weighted by atomic mass is 10.2. The Morgan fingerprint density at radius 2 is 1.45 bits per heavy atom. The summed E-state index contributed by atoms with van der Waals surface area (Å²) in [6, 6.07) is 14.8. The highest BCUT2D eigenvalue weighted by molar-refractivity contribution is 7.92. The zero-order valence-corrected chi connectivity index (χ0v) is 17.3. The van der Waals surface area contributed by atoms with Crippen LogP contribution in [0.3, 0.4) is 0 Å². The van der Waals surface area contributed by atoms with Gasteiger partial charge in [-0.2, -0.15) is 0 Å². The number of aromatic nitrogens is 2. The topological polar surface area (TPSA) is 122 Å². The first kappa shape index (κ1) is 20.5. The van der Waals surface area contributed by atoms with Crippen molar-refractivity contribution in [1.82, 2.24) is 9.97 Å². The quantitative estimate of drug-likeness (QED) is 0.458. The molecule has 4 rings (SSSR count). The number of benzene rings is 2. The minimum absolute atomic E-state index is 0.0841. The summed E-state index contributed by atoms with van der Waals surface area (Å²) in [5, 5.41) is 10.7. The number of nitrogens with zero attached hydrogens (tertiary/aromatic N) is 5. The van der Waals surface area contributed by atoms with E-state index in [-0.39, 0.29) is 16.3 Å². The van der Waals surface area contributed by atoms with Gasteiger partial charge in [-0.3, -0.25) is 14.8 Å². The number of anilines is 3. The van der Waals surface area contributed by atoms with Gasteiger partial charge in [0.05, 0.1) is 27.9 Å². The number of non-ortho nitro benzene ring substituents is 1. The maximum Gasteiger partial charge on any atom is 0.269 e. The maximum absolute atomic E-state index is 12.5. The van der Waals surface area contributed by atoms with Crippen molar-refractivity contribution in [3.8, 4) is 0 Å². The molecule has 0 bridgehead atoms. The van der Waals surface area contributed by atoms with Crippen molar-refractivity contribution >= 4 is 33.0 Å². The fourth-order valence-electron chi connectivity index (χ4n) is 3.30. The van der Waals surface area contributed by atoms with E-state index in [4.69, 9.17) is 0 Å². The average molecular weight is 440 g/mol. The van der Waals surface area contributed by atoms with Crippen molar-refractivity contribution in [2.75, 3.05) is 40.7 Å². The van der Waals surface area contributed by atoms with Gasteiger partial charge in [-0.15, -0.1) is 0 Å². The molecule has 160 valence electrons. The van der Waals surface area contributed by atoms with Crippen molar-refractivity contribution in [2.24, 2.45) is 0 Å². The van der Waals surface area contributed by atoms with Gasteiger partial charge < -0.3 is 9.80 Å². The molecule has 0 amide bonds. The predicted molar refractivity (Wildman–Crippen MR) is 117 cm³/mol. The van der Waals surface area contributed by atoms with E-state index >= 15 is 0 Å². The fourth-order valence-corrected chi connectivity index (χ4v) is 4.33. The van der Waals surface area contributed by atoms with E-state index in [1.807, 2.05) is 23.1 Å². The van der Waals surface area contributed by atoms with Gasteiger partial charge in [0.15, 0.2) is 0 Å². The van der Waals surface area contributed by atoms with Gasteiger partial charge in [-0.1, -0.05) is 18.2 Å². The van der Waals surface area contributed by atoms with Crippen molar-refractivity contribution in [2.45, 2.75) is 4.90 Å². The molecule has 0 saturated carbocycles. The molecule has 3 aromatic rings. The third kappa shape index (κ3) is 4.72. The van der Waals surface area contributed by atoms with Crippen LogP contribution in [0.5, 0.6) is 0 Å². The Kier molecular flexibility index (Phi) is 5.67. The summed E-state index contributed by atoms with van der Waals surface area (Å²) in [6.07, 6.45) is 2.82. The lowest BCUT2D eigenvalue weighted by Crippen LogP contribution is -2.47. The van der Waals surface area contributed by atoms with Crippen LogP contribution in [-0.2, 0) is 10.0 Å². The lowest BCUT2D eigenvalue weighted by Gasteiger charge is -2.36. The SMILES string of the molecule is O=[N+]([O-])c1ccc(S(=O)(=O)Nc2cnc(N3CCN(c4ccccc4)CC3)nc2)cc1. The summed E-state index contributed by atoms with van der Waals surface area (Å²) in [6.45, 7) is 3.18. The van der Waals surface area contributed by atoms with Crippen LogP contribution in [0.25, 0.3) is 0 Å². The zero-order chi connectivity index (χ0) is 21.8. The predicted octanol–water partition coefficient (Wildman–Crippen LogP) is 2.51. The van der Waals surface area contributed by atoms with Crippen LogP contribution >= 0.6 is 0 Å². The smallest absolute Gasteiger partial charge is 0.269 e. The van der Waals surface area contributed by atoms with Crippen LogP contribution in [-0.4, -0.2) is 49.5 Å². The molecule has 2 heterocycles. The minimum atomic E-state index is -3.90. The Morgan fingerprint density at radius 1 is 0.871 bits per heavy atom. The monoisotopic (exact) mass is 440 g/mol. The Labute approximate surface area is 179 Å². The van der Waals surface area contributed by atoms with Crippen molar-refractivity contribution in [1.29, 1.82) is 0 Å². The molecule has 0 atom stereocenters. The first-order valence-electron chi connectivity index (χ1n) is 9.57. The highest BCUT2D eigenvalue weighted by Gasteiger charge is 2.20. The summed E-state index contributed by atoms with van der Waals surface area (Å²) >= 11 is 0. The minimum Gasteiger partial charge on any atom is -0.368 e. The molecule has 2 aromatic carbocycles. The van der Waals surface area contributed by atoms with E-state index in [0.29, 0.717) is 5.95 Å². The molecule has 11 heteroatoms. The summed E-state index contributed by atoms with van der Waals surface area (Å²) in [5.74, 6) is 0.533. The van der Waals surface area contributed by atoms with Gasteiger partial charge in [0.25, 0.3) is 15.7 Å². The zero-order valence-electron chi connectivity index (χ0n) is 16.5. The summed E-state index contributed by atoms with van der Waals surface area (Å²) in [7, 11) is -3.90. The number of hydrogen-bond donors (Lipinski definition) is 1. The molecule has 31 heavy (non-hydrogen) atoms. The van der Waals surface area contributed by atoms with E-state index in [2.05, 4.69) is 31.7 Å². The van der Waals surface area contributed by atoms with Gasteiger partial charge in [0, 0.05) is 44.0 Å². The Balaban J connectivity index is 1.39. The van der Waals surface area contributed by atoms with Crippen LogP contribution < -0.4 is 14.5 Å². The molecule has 0 aliphatic carbocycles. The first-order chi connectivity index (χ1) is 14.9. The van der Waals surface area contributed by atoms with Gasteiger partial charge in [-0.25, -0.2) is 18.4 Å².